The number of ketones is 1. The molecule has 337 valence electrons. The summed E-state index contributed by atoms with van der Waals surface area (Å²) >= 11 is 0. The number of hydrogen-bond donors (Lipinski definition) is 4. The largest absolute Gasteiger partial charge is 0.459 e. The summed E-state index contributed by atoms with van der Waals surface area (Å²) in [5.74, 6) is -2.45. The second kappa shape index (κ2) is 19.5. The molecule has 1 heterocycles. The molecule has 2 bridgehead atoms. The van der Waals surface area contributed by atoms with Crippen molar-refractivity contribution in [3.05, 3.63) is 11.1 Å². The minimum Gasteiger partial charge on any atom is -0.459 e. The number of hydrogen-bond acceptors (Lipinski definition) is 12. The Bertz CT molecular complexity index is 1530. The third-order valence-corrected chi connectivity index (χ3v) is 24.4. The fraction of sp³-hybridized carbons (Fsp3) is 0.884. The van der Waals surface area contributed by atoms with E-state index >= 15 is 4.79 Å². The van der Waals surface area contributed by atoms with Crippen LogP contribution in [-0.2, 0) is 37.4 Å². The zero-order valence-electron chi connectivity index (χ0n) is 38.8. The van der Waals surface area contributed by atoms with Crippen molar-refractivity contribution in [2.75, 3.05) is 13.2 Å². The molecule has 4 aliphatic rings. The average molecular weight is 1080 g/mol. The Kier molecular flexibility index (Phi) is 17.5. The Morgan fingerprint density at radius 2 is 1.51 bits per heavy atom. The zero-order chi connectivity index (χ0) is 44.0. The molecule has 4 rings (SSSR count). The van der Waals surface area contributed by atoms with Gasteiger partial charge < -0.3 is 48.4 Å². The van der Waals surface area contributed by atoms with Crippen LogP contribution in [0.15, 0.2) is 11.1 Å². The number of aliphatic hydroxyl groups excluding tert-OH is 1. The van der Waals surface area contributed by atoms with Crippen molar-refractivity contribution in [1.29, 1.82) is 0 Å². The van der Waals surface area contributed by atoms with E-state index in [1.165, 1.54) is 6.92 Å². The van der Waals surface area contributed by atoms with Gasteiger partial charge in [-0.3, -0.25) is 9.59 Å². The van der Waals surface area contributed by atoms with Gasteiger partial charge in [-0.2, -0.15) is 0 Å². The first-order valence-corrected chi connectivity index (χ1v) is 26.9. The van der Waals surface area contributed by atoms with Crippen LogP contribution in [0.1, 0.15) is 117 Å². The van der Waals surface area contributed by atoms with E-state index in [0.717, 1.165) is 36.3 Å². The number of nitrogens with one attached hydrogen (secondary N) is 1. The molecule has 11 atom stereocenters. The normalized spacial score (nSPS) is 34.2. The van der Waals surface area contributed by atoms with Crippen molar-refractivity contribution in [2.45, 2.75) is 212 Å². The number of carbonyl (C=O) groups excluding carboxylic acids is 3. The molecule has 1 saturated heterocycles. The summed E-state index contributed by atoms with van der Waals surface area (Å²) in [6.07, 6.45) is -6.62. The molecule has 1 amide bonds. The number of carbonyl (C=O) groups is 3. The summed E-state index contributed by atoms with van der Waals surface area (Å²) in [6.45, 7) is 28.0. The molecule has 59 heavy (non-hydrogen) atoms. The molecule has 4 N–H and O–H groups in total. The van der Waals surface area contributed by atoms with Crippen LogP contribution in [0.25, 0.3) is 0 Å². The molecule has 13 nitrogen and oxygen atoms in total. The van der Waals surface area contributed by atoms with Crippen LogP contribution < -0.4 is 5.32 Å². The predicted octanol–water partition coefficient (Wildman–Crippen LogP) is 6.57. The van der Waals surface area contributed by atoms with E-state index in [-0.39, 0.29) is 75.7 Å². The molecule has 2 saturated carbocycles. The fourth-order valence-electron chi connectivity index (χ4n) is 10.7. The second-order valence-corrected chi connectivity index (χ2v) is 28.9. The van der Waals surface area contributed by atoms with Crippen LogP contribution in [0.5, 0.6) is 0 Å². The smallest absolute Gasteiger partial charge is 0.407 e. The predicted molar refractivity (Wildman–Crippen MR) is 226 cm³/mol. The van der Waals surface area contributed by atoms with Gasteiger partial charge in [-0.1, -0.05) is 55.4 Å². The number of amides is 1. The Hall–Kier alpha value is -0.255. The van der Waals surface area contributed by atoms with Gasteiger partial charge in [-0.25, -0.2) is 4.79 Å². The maximum absolute atomic E-state index is 15.4. The van der Waals surface area contributed by atoms with Crippen molar-refractivity contribution in [3.63, 3.8) is 0 Å². The van der Waals surface area contributed by atoms with Gasteiger partial charge in [0.1, 0.15) is 29.0 Å². The topological polar surface area (TPSA) is 179 Å². The maximum atomic E-state index is 15.4. The molecule has 1 aliphatic heterocycles. The number of alkyl carbamates (subject to hydrolysis) is 1. The number of Topliss-reactive ketones (excluding diaryl/α,β-unsaturated/α-hetero) is 1. The summed E-state index contributed by atoms with van der Waals surface area (Å²) < 4.78 is 38.7. The van der Waals surface area contributed by atoms with Gasteiger partial charge >= 0.3 is 12.1 Å². The quantitative estimate of drug-likeness (QED) is 0.0744. The Labute approximate surface area is 392 Å². The van der Waals surface area contributed by atoms with Crippen molar-refractivity contribution < 1.29 is 102 Å². The third-order valence-electron chi connectivity index (χ3n) is 15.1. The van der Waals surface area contributed by atoms with E-state index in [1.807, 2.05) is 13.8 Å². The van der Waals surface area contributed by atoms with Crippen molar-refractivity contribution in [2.24, 2.45) is 16.7 Å². The van der Waals surface area contributed by atoms with E-state index in [4.69, 9.17) is 27.8 Å². The molecule has 1 radical (unpaired) electrons. The van der Waals surface area contributed by atoms with E-state index in [2.05, 4.69) is 46.9 Å². The minimum absolute atomic E-state index is 0. The van der Waals surface area contributed by atoms with Gasteiger partial charge in [0, 0.05) is 75.2 Å². The van der Waals surface area contributed by atoms with E-state index in [1.54, 1.807) is 41.5 Å². The molecule has 3 fully saturated rings. The van der Waals surface area contributed by atoms with Gasteiger partial charge in [0.2, 0.25) is 0 Å². The Morgan fingerprint density at radius 3 is 1.97 bits per heavy atom. The Balaban J connectivity index is 0.00000930. The van der Waals surface area contributed by atoms with E-state index in [9.17, 15) is 24.9 Å². The van der Waals surface area contributed by atoms with Crippen LogP contribution >= 0.6 is 0 Å². The van der Waals surface area contributed by atoms with Crippen molar-refractivity contribution in [3.8, 4) is 0 Å². The van der Waals surface area contributed by atoms with Gasteiger partial charge in [0.25, 0.3) is 0 Å². The SMILES string of the molecule is CC[Si](CC)(CC)O[C@@H](CO[C@H]1C[C@@]2(O)[C@@H](OC(C)=O)[C@@H]3[C@]4(O)CO[C@@H]4C[C@H](O[Si](CC)(CC)CC)[C@@]3(C)C(=O)[C@H](O)C(=C1C)C2(C)C)[C@H](C)NC(=O)OC(C)(C)C.[Ac]. The Morgan fingerprint density at radius 1 is 0.966 bits per heavy atom. The molecule has 3 aliphatic carbocycles. The van der Waals surface area contributed by atoms with E-state index < -0.39 is 111 Å². The van der Waals surface area contributed by atoms with Crippen LogP contribution in [0.3, 0.4) is 0 Å². The summed E-state index contributed by atoms with van der Waals surface area (Å²) in [5, 5.41) is 41.6. The second-order valence-electron chi connectivity index (χ2n) is 19.4. The molecular weight excluding hydrogens is 1010 g/mol. The molecule has 0 spiro atoms. The minimum atomic E-state index is -2.41. The number of rotatable bonds is 16. The number of esters is 1. The van der Waals surface area contributed by atoms with Crippen molar-refractivity contribution >= 4 is 34.5 Å². The van der Waals surface area contributed by atoms with E-state index in [0.29, 0.717) is 5.57 Å². The number of ether oxygens (including phenoxy) is 4. The number of aliphatic hydroxyl groups is 3. The molecule has 0 unspecified atom stereocenters. The molecule has 16 heteroatoms. The molecular formula is C43H77AcNO12Si2. The third kappa shape index (κ3) is 9.74. The standard InChI is InChI=1S/C43H77NO12Si2.Ac/c1-16-57(17-2,18-3)55-30(27(8)44-38(48)54-39(10,11)12)24-51-29-23-43(50)37(53-28(9)45)35-41(15,36(47)34(46)33(26(29)7)40(43,13)14)31(22-32-42(35,49)25-52-32)56-58(19-4,20-5)21-6;/h27,29-32,34-35,37,46,49-50H,16-25H2,1-15H3,(H,44,48);/t27-,29-,30-,31-,32+,34+,35-,37-,41+,42-,43+;/m0./s1. The maximum Gasteiger partial charge on any atom is 0.407 e. The monoisotopic (exact) mass is 1080 g/mol. The van der Waals surface area contributed by atoms with Crippen LogP contribution in [0.2, 0.25) is 36.3 Å². The van der Waals surface area contributed by atoms with Crippen LogP contribution in [0, 0.1) is 60.8 Å². The molecule has 0 aromatic carbocycles. The summed E-state index contributed by atoms with van der Waals surface area (Å²) in [7, 11) is -4.68. The van der Waals surface area contributed by atoms with Crippen molar-refractivity contribution in [1.82, 2.24) is 5.32 Å². The molecule has 0 aromatic rings. The first-order valence-electron chi connectivity index (χ1n) is 21.9. The fourth-order valence-corrected chi connectivity index (χ4v) is 16.6. The van der Waals surface area contributed by atoms with Crippen LogP contribution in [0.4, 0.5) is 4.79 Å². The number of fused-ring (bicyclic) bond motifs is 5. The zero-order valence-corrected chi connectivity index (χ0v) is 45.5. The average Bonchev–Trinajstić information content (AvgIpc) is 3.14. The molecule has 0 aromatic heterocycles. The first kappa shape index (κ1) is 53.1. The van der Waals surface area contributed by atoms with Gasteiger partial charge in [-0.15, -0.1) is 0 Å². The van der Waals surface area contributed by atoms with Gasteiger partial charge in [-0.05, 0) is 89.0 Å². The first-order chi connectivity index (χ1) is 26.8. The summed E-state index contributed by atoms with van der Waals surface area (Å²) in [4.78, 5) is 41.6. The van der Waals surface area contributed by atoms with Crippen LogP contribution in [-0.4, -0.2) is 122 Å². The summed E-state index contributed by atoms with van der Waals surface area (Å²) in [5.41, 5.74) is -6.43. The van der Waals surface area contributed by atoms with Gasteiger partial charge in [0.15, 0.2) is 22.4 Å². The van der Waals surface area contributed by atoms with Gasteiger partial charge in [0.05, 0.1) is 49.1 Å². The summed E-state index contributed by atoms with van der Waals surface area (Å²) in [6, 6.07) is 4.41.